The lowest BCUT2D eigenvalue weighted by Crippen LogP contribution is -2.45. The Morgan fingerprint density at radius 2 is 2.00 bits per heavy atom. The second kappa shape index (κ2) is 5.88. The molecule has 1 N–H and O–H groups in total. The van der Waals surface area contributed by atoms with Crippen LogP contribution in [0.25, 0.3) is 10.9 Å². The third kappa shape index (κ3) is 2.93. The fourth-order valence-corrected chi connectivity index (χ4v) is 3.73. The van der Waals surface area contributed by atoms with E-state index in [0.717, 1.165) is 36.8 Å². The highest BCUT2D eigenvalue weighted by Gasteiger charge is 2.45. The van der Waals surface area contributed by atoms with Gasteiger partial charge in [-0.25, -0.2) is 9.97 Å². The number of carbonyl (C=O) groups excluding carboxylic acids is 1. The molecule has 1 amide bonds. The summed E-state index contributed by atoms with van der Waals surface area (Å²) in [7, 11) is 0. The molecular weight excluding hydrogens is 324 g/mol. The molecule has 0 bridgehead atoms. The zero-order valence-corrected chi connectivity index (χ0v) is 14.5. The molecule has 5 nitrogen and oxygen atoms in total. The number of rotatable bonds is 3. The van der Waals surface area contributed by atoms with Crippen molar-refractivity contribution in [2.24, 2.45) is 5.41 Å². The van der Waals surface area contributed by atoms with Crippen LogP contribution in [0.15, 0.2) is 24.5 Å². The first-order valence-corrected chi connectivity index (χ1v) is 8.90. The van der Waals surface area contributed by atoms with Crippen molar-refractivity contribution in [1.29, 1.82) is 0 Å². The number of piperidine rings is 1. The summed E-state index contributed by atoms with van der Waals surface area (Å²) in [5.74, 6) is 0.819. The predicted molar refractivity (Wildman–Crippen MR) is 95.1 cm³/mol. The summed E-state index contributed by atoms with van der Waals surface area (Å²) in [6.07, 6.45) is 6.49. The van der Waals surface area contributed by atoms with Gasteiger partial charge in [0.15, 0.2) is 0 Å². The van der Waals surface area contributed by atoms with Crippen LogP contribution in [0.4, 0.5) is 5.82 Å². The lowest BCUT2D eigenvalue weighted by Gasteiger charge is -2.34. The number of carbonyl (C=O) groups is 1. The van der Waals surface area contributed by atoms with Gasteiger partial charge in [-0.1, -0.05) is 11.6 Å². The number of halogens is 1. The van der Waals surface area contributed by atoms with Crippen molar-refractivity contribution < 1.29 is 4.79 Å². The quantitative estimate of drug-likeness (QED) is 0.926. The Balaban J connectivity index is 1.47. The van der Waals surface area contributed by atoms with E-state index in [4.69, 9.17) is 11.6 Å². The molecule has 1 aromatic heterocycles. The Morgan fingerprint density at radius 3 is 2.71 bits per heavy atom. The normalized spacial score (nSPS) is 20.2. The highest BCUT2D eigenvalue weighted by Crippen LogP contribution is 2.53. The maximum absolute atomic E-state index is 12.7. The Hall–Kier alpha value is -1.88. The molecule has 24 heavy (non-hydrogen) atoms. The van der Waals surface area contributed by atoms with Gasteiger partial charge in [0.25, 0.3) is 0 Å². The summed E-state index contributed by atoms with van der Waals surface area (Å²) in [6, 6.07) is 5.18. The van der Waals surface area contributed by atoms with Gasteiger partial charge in [-0.2, -0.15) is 0 Å². The van der Waals surface area contributed by atoms with Crippen LogP contribution < -0.4 is 5.32 Å². The molecule has 2 aliphatic rings. The number of hydrogen-bond donors (Lipinski definition) is 1. The number of nitrogens with one attached hydrogen (secondary N) is 1. The van der Waals surface area contributed by atoms with E-state index in [9.17, 15) is 4.79 Å². The van der Waals surface area contributed by atoms with E-state index in [1.807, 2.05) is 24.0 Å². The number of benzene rings is 1. The van der Waals surface area contributed by atoms with E-state index in [1.54, 1.807) is 6.07 Å². The molecule has 0 radical (unpaired) electrons. The van der Waals surface area contributed by atoms with E-state index in [1.165, 1.54) is 19.2 Å². The Morgan fingerprint density at radius 1 is 1.25 bits per heavy atom. The van der Waals surface area contributed by atoms with E-state index in [-0.39, 0.29) is 11.9 Å². The average Bonchev–Trinajstić information content (AvgIpc) is 3.34. The SMILES string of the molecule is C[C@@H](Nc1ncnc2cc(Cl)ccc12)C(=O)N1CCC2(CC1)CC2. The molecule has 2 aromatic rings. The van der Waals surface area contributed by atoms with Gasteiger partial charge >= 0.3 is 0 Å². The smallest absolute Gasteiger partial charge is 0.244 e. The van der Waals surface area contributed by atoms with Crippen molar-refractivity contribution in [2.45, 2.75) is 38.6 Å². The number of amides is 1. The van der Waals surface area contributed by atoms with Crippen molar-refractivity contribution in [1.82, 2.24) is 14.9 Å². The van der Waals surface area contributed by atoms with E-state index < -0.39 is 0 Å². The van der Waals surface area contributed by atoms with Gasteiger partial charge in [-0.15, -0.1) is 0 Å². The largest absolute Gasteiger partial charge is 0.358 e. The molecule has 4 rings (SSSR count). The summed E-state index contributed by atoms with van der Waals surface area (Å²) in [5, 5.41) is 4.76. The highest BCUT2D eigenvalue weighted by molar-refractivity contribution is 6.31. The van der Waals surface area contributed by atoms with Crippen LogP contribution in [-0.2, 0) is 4.79 Å². The molecular formula is C18H21ClN4O. The molecule has 1 aliphatic heterocycles. The summed E-state index contributed by atoms with van der Waals surface area (Å²) in [4.78, 5) is 23.2. The third-order valence-corrected chi connectivity index (χ3v) is 5.65. The highest BCUT2D eigenvalue weighted by atomic mass is 35.5. The predicted octanol–water partition coefficient (Wildman–Crippen LogP) is 3.49. The van der Waals surface area contributed by atoms with Gasteiger partial charge in [-0.3, -0.25) is 4.79 Å². The average molecular weight is 345 g/mol. The molecule has 1 aromatic carbocycles. The topological polar surface area (TPSA) is 58.1 Å². The van der Waals surface area contributed by atoms with E-state index in [2.05, 4.69) is 15.3 Å². The number of likely N-dealkylation sites (tertiary alicyclic amines) is 1. The fourth-order valence-electron chi connectivity index (χ4n) is 3.56. The lowest BCUT2D eigenvalue weighted by atomic mass is 9.93. The summed E-state index contributed by atoms with van der Waals surface area (Å²) in [6.45, 7) is 3.66. The molecule has 1 spiro atoms. The first kappa shape index (κ1) is 15.6. The number of fused-ring (bicyclic) bond motifs is 1. The van der Waals surface area contributed by atoms with E-state index >= 15 is 0 Å². The first-order valence-electron chi connectivity index (χ1n) is 8.52. The van der Waals surface area contributed by atoms with E-state index in [0.29, 0.717) is 16.3 Å². The third-order valence-electron chi connectivity index (χ3n) is 5.42. The minimum Gasteiger partial charge on any atom is -0.358 e. The Bertz CT molecular complexity index is 780. The molecule has 0 unspecified atom stereocenters. The summed E-state index contributed by atoms with van der Waals surface area (Å²) >= 11 is 6.02. The van der Waals surface area contributed by atoms with Crippen LogP contribution in [0.3, 0.4) is 0 Å². The fraction of sp³-hybridized carbons (Fsp3) is 0.500. The standard InChI is InChI=1S/C18H21ClN4O/c1-12(17(24)23-8-6-18(4-5-18)7-9-23)22-16-14-3-2-13(19)10-15(14)20-11-21-16/h2-3,10-12H,4-9H2,1H3,(H,20,21,22)/t12-/m1/s1. The molecule has 6 heteroatoms. The van der Waals surface area contributed by atoms with Crippen LogP contribution >= 0.6 is 11.6 Å². The van der Waals surface area contributed by atoms with Crippen molar-refractivity contribution in [3.05, 3.63) is 29.5 Å². The monoisotopic (exact) mass is 344 g/mol. The molecule has 1 saturated carbocycles. The van der Waals surface area contributed by atoms with Crippen molar-refractivity contribution >= 4 is 34.2 Å². The summed E-state index contributed by atoms with van der Waals surface area (Å²) < 4.78 is 0. The number of aromatic nitrogens is 2. The molecule has 126 valence electrons. The Labute approximate surface area is 146 Å². The minimum absolute atomic E-state index is 0.145. The molecule has 1 atom stereocenters. The molecule has 2 fully saturated rings. The molecule has 1 saturated heterocycles. The zero-order chi connectivity index (χ0) is 16.7. The van der Waals surface area contributed by atoms with Crippen molar-refractivity contribution in [3.8, 4) is 0 Å². The van der Waals surface area contributed by atoms with Gasteiger partial charge in [0.2, 0.25) is 5.91 Å². The van der Waals surface area contributed by atoms with Crippen molar-refractivity contribution in [3.63, 3.8) is 0 Å². The van der Waals surface area contributed by atoms with Gasteiger partial charge in [-0.05, 0) is 56.2 Å². The van der Waals surface area contributed by atoms with Crippen LogP contribution in [0.5, 0.6) is 0 Å². The van der Waals surface area contributed by atoms with Gasteiger partial charge in [0.05, 0.1) is 5.52 Å². The summed E-state index contributed by atoms with van der Waals surface area (Å²) in [5.41, 5.74) is 1.35. The first-order chi connectivity index (χ1) is 11.6. The second-order valence-electron chi connectivity index (χ2n) is 7.08. The second-order valence-corrected chi connectivity index (χ2v) is 7.51. The maximum atomic E-state index is 12.7. The van der Waals surface area contributed by atoms with Crippen LogP contribution in [-0.4, -0.2) is 39.9 Å². The zero-order valence-electron chi connectivity index (χ0n) is 13.8. The number of hydrogen-bond acceptors (Lipinski definition) is 4. The van der Waals surface area contributed by atoms with Crippen LogP contribution in [0, 0.1) is 5.41 Å². The molecule has 1 aliphatic carbocycles. The molecule has 2 heterocycles. The van der Waals surface area contributed by atoms with Crippen LogP contribution in [0.2, 0.25) is 5.02 Å². The minimum atomic E-state index is -0.313. The number of nitrogens with zero attached hydrogens (tertiary/aromatic N) is 3. The van der Waals surface area contributed by atoms with Gasteiger partial charge < -0.3 is 10.2 Å². The Kier molecular flexibility index (Phi) is 3.83. The lowest BCUT2D eigenvalue weighted by molar-refractivity contribution is -0.133. The number of anilines is 1. The maximum Gasteiger partial charge on any atom is 0.244 e. The van der Waals surface area contributed by atoms with Gasteiger partial charge in [0.1, 0.15) is 18.2 Å². The van der Waals surface area contributed by atoms with Crippen LogP contribution in [0.1, 0.15) is 32.6 Å². The van der Waals surface area contributed by atoms with Crippen molar-refractivity contribution in [2.75, 3.05) is 18.4 Å². The van der Waals surface area contributed by atoms with Gasteiger partial charge in [0, 0.05) is 23.5 Å².